The van der Waals surface area contributed by atoms with E-state index >= 15 is 0 Å². The number of aliphatic carboxylic acids is 1. The van der Waals surface area contributed by atoms with Crippen LogP contribution in [0.25, 0.3) is 0 Å². The molecule has 1 aliphatic heterocycles. The number of carbonyl (C=O) groups excluding carboxylic acids is 1. The zero-order chi connectivity index (χ0) is 14.7. The van der Waals surface area contributed by atoms with Crippen molar-refractivity contribution < 1.29 is 19.4 Å². The van der Waals surface area contributed by atoms with Gasteiger partial charge >= 0.3 is 5.97 Å². The summed E-state index contributed by atoms with van der Waals surface area (Å²) < 4.78 is 6.49. The summed E-state index contributed by atoms with van der Waals surface area (Å²) >= 11 is 3.32. The average molecular weight is 342 g/mol. The van der Waals surface area contributed by atoms with Crippen LogP contribution in [-0.2, 0) is 9.59 Å². The third-order valence-electron chi connectivity index (χ3n) is 3.30. The molecule has 108 valence electrons. The number of rotatable bonds is 4. The number of amides is 1. The highest BCUT2D eigenvalue weighted by molar-refractivity contribution is 9.10. The van der Waals surface area contributed by atoms with E-state index in [4.69, 9.17) is 9.84 Å². The van der Waals surface area contributed by atoms with E-state index < -0.39 is 18.1 Å². The normalized spacial score (nSPS) is 19.7. The molecule has 1 saturated heterocycles. The fraction of sp³-hybridized carbons (Fsp3) is 0.429. The molecule has 2 unspecified atom stereocenters. The lowest BCUT2D eigenvalue weighted by Gasteiger charge is -2.25. The van der Waals surface area contributed by atoms with Gasteiger partial charge in [0.15, 0.2) is 6.10 Å². The van der Waals surface area contributed by atoms with Crippen LogP contribution in [0.3, 0.4) is 0 Å². The number of likely N-dealkylation sites (tertiary alicyclic amines) is 1. The van der Waals surface area contributed by atoms with Crippen molar-refractivity contribution >= 4 is 27.8 Å². The van der Waals surface area contributed by atoms with Gasteiger partial charge in [-0.05, 0) is 44.0 Å². The smallest absolute Gasteiger partial charge is 0.326 e. The van der Waals surface area contributed by atoms with Gasteiger partial charge in [0.05, 0.1) is 0 Å². The Hall–Kier alpha value is -1.56. The number of hydrogen-bond acceptors (Lipinski definition) is 3. The SMILES string of the molecule is CC(Oc1ccc(Br)cc1)C(=O)N1CCCC1C(=O)O. The Kier molecular flexibility index (Phi) is 4.65. The number of carboxylic acid groups (broad SMARTS) is 1. The van der Waals surface area contributed by atoms with Gasteiger partial charge in [-0.2, -0.15) is 0 Å². The summed E-state index contributed by atoms with van der Waals surface area (Å²) in [6, 6.07) is 6.43. The summed E-state index contributed by atoms with van der Waals surface area (Å²) in [5.41, 5.74) is 0. The van der Waals surface area contributed by atoms with E-state index in [2.05, 4.69) is 15.9 Å². The molecule has 0 radical (unpaired) electrons. The van der Waals surface area contributed by atoms with Crippen molar-refractivity contribution in [1.29, 1.82) is 0 Å². The third-order valence-corrected chi connectivity index (χ3v) is 3.82. The maximum absolute atomic E-state index is 12.3. The van der Waals surface area contributed by atoms with Crippen molar-refractivity contribution in [3.05, 3.63) is 28.7 Å². The number of ether oxygens (including phenoxy) is 1. The van der Waals surface area contributed by atoms with Gasteiger partial charge in [-0.25, -0.2) is 4.79 Å². The molecule has 20 heavy (non-hydrogen) atoms. The van der Waals surface area contributed by atoms with Crippen molar-refractivity contribution in [3.63, 3.8) is 0 Å². The molecule has 0 aromatic heterocycles. The van der Waals surface area contributed by atoms with Gasteiger partial charge in [-0.1, -0.05) is 15.9 Å². The first-order valence-corrected chi connectivity index (χ1v) is 7.24. The summed E-state index contributed by atoms with van der Waals surface area (Å²) in [6.45, 7) is 2.12. The second-order valence-corrected chi connectivity index (χ2v) is 5.66. The lowest BCUT2D eigenvalue weighted by Crippen LogP contribution is -2.46. The molecule has 2 rings (SSSR count). The molecular formula is C14H16BrNO4. The fourth-order valence-electron chi connectivity index (χ4n) is 2.29. The number of carbonyl (C=O) groups is 2. The second kappa shape index (κ2) is 6.26. The summed E-state index contributed by atoms with van der Waals surface area (Å²) in [7, 11) is 0. The van der Waals surface area contributed by atoms with Crippen LogP contribution in [0.1, 0.15) is 19.8 Å². The van der Waals surface area contributed by atoms with E-state index in [0.717, 1.165) is 4.47 Å². The van der Waals surface area contributed by atoms with Crippen LogP contribution in [0.15, 0.2) is 28.7 Å². The van der Waals surface area contributed by atoms with E-state index in [0.29, 0.717) is 25.1 Å². The molecule has 2 atom stereocenters. The summed E-state index contributed by atoms with van der Waals surface area (Å²) in [5, 5.41) is 9.09. The molecule has 0 aliphatic carbocycles. The highest BCUT2D eigenvalue weighted by atomic mass is 79.9. The van der Waals surface area contributed by atoms with E-state index in [9.17, 15) is 9.59 Å². The molecule has 1 amide bonds. The van der Waals surface area contributed by atoms with Gasteiger partial charge < -0.3 is 14.7 Å². The minimum atomic E-state index is -0.952. The Morgan fingerprint density at radius 1 is 1.40 bits per heavy atom. The maximum atomic E-state index is 12.3. The van der Waals surface area contributed by atoms with Crippen LogP contribution in [0.4, 0.5) is 0 Å². The molecule has 1 heterocycles. The lowest BCUT2D eigenvalue weighted by molar-refractivity contribution is -0.150. The predicted octanol–water partition coefficient (Wildman–Crippen LogP) is 2.29. The standard InChI is InChI=1S/C14H16BrNO4/c1-9(20-11-6-4-10(15)5-7-11)13(17)16-8-2-3-12(16)14(18)19/h4-7,9,12H,2-3,8H2,1H3,(H,18,19). The van der Waals surface area contributed by atoms with Gasteiger partial charge in [0, 0.05) is 11.0 Å². The summed E-state index contributed by atoms with van der Waals surface area (Å²) in [4.78, 5) is 24.7. The van der Waals surface area contributed by atoms with E-state index in [1.54, 1.807) is 19.1 Å². The average Bonchev–Trinajstić information content (AvgIpc) is 2.90. The molecule has 1 aromatic rings. The van der Waals surface area contributed by atoms with Crippen LogP contribution in [0.2, 0.25) is 0 Å². The number of halogens is 1. The van der Waals surface area contributed by atoms with Gasteiger partial charge in [0.25, 0.3) is 5.91 Å². The van der Waals surface area contributed by atoms with E-state index in [1.807, 2.05) is 12.1 Å². The molecule has 0 bridgehead atoms. The first-order chi connectivity index (χ1) is 9.49. The zero-order valence-electron chi connectivity index (χ0n) is 11.1. The molecular weight excluding hydrogens is 326 g/mol. The summed E-state index contributed by atoms with van der Waals surface area (Å²) in [5.74, 6) is -0.648. The van der Waals surface area contributed by atoms with Crippen molar-refractivity contribution in [3.8, 4) is 5.75 Å². The Labute approximate surface area is 125 Å². The van der Waals surface area contributed by atoms with Gasteiger partial charge in [-0.3, -0.25) is 4.79 Å². The van der Waals surface area contributed by atoms with Crippen molar-refractivity contribution in [1.82, 2.24) is 4.90 Å². The Morgan fingerprint density at radius 3 is 2.65 bits per heavy atom. The quantitative estimate of drug-likeness (QED) is 0.912. The predicted molar refractivity (Wildman–Crippen MR) is 76.6 cm³/mol. The van der Waals surface area contributed by atoms with E-state index in [1.165, 1.54) is 4.90 Å². The minimum absolute atomic E-state index is 0.280. The molecule has 1 aromatic carbocycles. The molecule has 1 N–H and O–H groups in total. The van der Waals surface area contributed by atoms with Crippen LogP contribution >= 0.6 is 15.9 Å². The monoisotopic (exact) mass is 341 g/mol. The molecule has 5 nitrogen and oxygen atoms in total. The Balaban J connectivity index is 2.01. The van der Waals surface area contributed by atoms with Crippen LogP contribution < -0.4 is 4.74 Å². The maximum Gasteiger partial charge on any atom is 0.326 e. The third kappa shape index (κ3) is 3.30. The largest absolute Gasteiger partial charge is 0.481 e. The Morgan fingerprint density at radius 2 is 2.05 bits per heavy atom. The van der Waals surface area contributed by atoms with E-state index in [-0.39, 0.29) is 5.91 Å². The lowest BCUT2D eigenvalue weighted by atomic mass is 10.2. The highest BCUT2D eigenvalue weighted by Crippen LogP contribution is 2.21. The van der Waals surface area contributed by atoms with Gasteiger partial charge in [-0.15, -0.1) is 0 Å². The highest BCUT2D eigenvalue weighted by Gasteiger charge is 2.36. The molecule has 1 aliphatic rings. The molecule has 0 spiro atoms. The molecule has 0 saturated carbocycles. The topological polar surface area (TPSA) is 66.8 Å². The number of carboxylic acids is 1. The number of benzene rings is 1. The van der Waals surface area contributed by atoms with Crippen LogP contribution in [0, 0.1) is 0 Å². The molecule has 1 fully saturated rings. The van der Waals surface area contributed by atoms with Crippen molar-refractivity contribution in [2.75, 3.05) is 6.54 Å². The van der Waals surface area contributed by atoms with Crippen molar-refractivity contribution in [2.24, 2.45) is 0 Å². The first kappa shape index (κ1) is 14.8. The van der Waals surface area contributed by atoms with Crippen LogP contribution in [-0.4, -0.2) is 40.6 Å². The van der Waals surface area contributed by atoms with Gasteiger partial charge in [0.2, 0.25) is 0 Å². The molecule has 6 heteroatoms. The zero-order valence-corrected chi connectivity index (χ0v) is 12.7. The summed E-state index contributed by atoms with van der Waals surface area (Å²) in [6.07, 6.45) is 0.524. The van der Waals surface area contributed by atoms with Crippen molar-refractivity contribution in [2.45, 2.75) is 31.9 Å². The van der Waals surface area contributed by atoms with Crippen LogP contribution in [0.5, 0.6) is 5.75 Å². The van der Waals surface area contributed by atoms with Gasteiger partial charge in [0.1, 0.15) is 11.8 Å². The number of hydrogen-bond donors (Lipinski definition) is 1. The fourth-order valence-corrected chi connectivity index (χ4v) is 2.55. The Bertz CT molecular complexity index is 502. The number of nitrogens with zero attached hydrogens (tertiary/aromatic N) is 1. The minimum Gasteiger partial charge on any atom is -0.481 e. The first-order valence-electron chi connectivity index (χ1n) is 6.44. The second-order valence-electron chi connectivity index (χ2n) is 4.74.